The Morgan fingerprint density at radius 3 is 1.88 bits per heavy atom. The fraction of sp³-hybridized carbons (Fsp3) is 0.636. The van der Waals surface area contributed by atoms with Crippen molar-refractivity contribution in [1.82, 2.24) is 5.32 Å². The third-order valence-corrected chi connectivity index (χ3v) is 1.46. The Hall–Kier alpha value is -1.54. The van der Waals surface area contributed by atoms with Gasteiger partial charge in [-0.25, -0.2) is 0 Å². The number of rotatable bonds is 4. The monoisotopic (exact) mass is 229 g/mol. The molecule has 5 heteroatoms. The first-order valence-electron chi connectivity index (χ1n) is 5.10. The molecule has 0 heterocycles. The number of amides is 2. The van der Waals surface area contributed by atoms with E-state index in [0.717, 1.165) is 0 Å². The fourth-order valence-corrected chi connectivity index (χ4v) is 0.595. The Morgan fingerprint density at radius 2 is 1.62 bits per heavy atom. The minimum absolute atomic E-state index is 0.0536. The van der Waals surface area contributed by atoms with Crippen LogP contribution in [0.25, 0.3) is 0 Å². The summed E-state index contributed by atoms with van der Waals surface area (Å²) in [6.07, 6.45) is 8.00. The number of carbonyl (C=O) groups is 2. The first-order valence-corrected chi connectivity index (χ1v) is 5.10. The summed E-state index contributed by atoms with van der Waals surface area (Å²) in [5.74, 6) is -0.860. The maximum atomic E-state index is 11.0. The lowest BCUT2D eigenvalue weighted by molar-refractivity contribution is -0.126. The van der Waals surface area contributed by atoms with Gasteiger partial charge in [-0.3, -0.25) is 9.59 Å². The SMILES string of the molecule is C#C.CC.CC(C)C(N)C(=O)NCC(N)=O. The van der Waals surface area contributed by atoms with Crippen LogP contribution in [0.1, 0.15) is 27.7 Å². The van der Waals surface area contributed by atoms with Crippen molar-refractivity contribution in [3.05, 3.63) is 0 Å². The average Bonchev–Trinajstić information content (AvgIpc) is 2.30. The molecule has 0 fully saturated rings. The van der Waals surface area contributed by atoms with Gasteiger partial charge in [-0.1, -0.05) is 27.7 Å². The summed E-state index contributed by atoms with van der Waals surface area (Å²) in [4.78, 5) is 21.3. The van der Waals surface area contributed by atoms with Crippen LogP contribution >= 0.6 is 0 Å². The van der Waals surface area contributed by atoms with E-state index in [-0.39, 0.29) is 18.4 Å². The van der Waals surface area contributed by atoms with Gasteiger partial charge in [0.05, 0.1) is 12.6 Å². The van der Waals surface area contributed by atoms with Crippen LogP contribution in [0.2, 0.25) is 0 Å². The molecule has 0 aromatic heterocycles. The van der Waals surface area contributed by atoms with Gasteiger partial charge in [0.25, 0.3) is 0 Å². The van der Waals surface area contributed by atoms with E-state index in [1.807, 2.05) is 27.7 Å². The highest BCUT2D eigenvalue weighted by Gasteiger charge is 2.16. The summed E-state index contributed by atoms with van der Waals surface area (Å²) < 4.78 is 0. The lowest BCUT2D eigenvalue weighted by Crippen LogP contribution is -2.46. The Kier molecular flexibility index (Phi) is 16.8. The third kappa shape index (κ3) is 12.5. The number of carbonyl (C=O) groups excluding carboxylic acids is 2. The second-order valence-electron chi connectivity index (χ2n) is 2.95. The summed E-state index contributed by atoms with van der Waals surface area (Å²) in [6.45, 7) is 7.50. The van der Waals surface area contributed by atoms with Crippen molar-refractivity contribution in [3.8, 4) is 12.8 Å². The zero-order valence-corrected chi connectivity index (χ0v) is 10.5. The zero-order chi connectivity index (χ0) is 13.7. The number of nitrogens with one attached hydrogen (secondary N) is 1. The molecule has 0 aliphatic heterocycles. The molecule has 2 amide bonds. The molecule has 94 valence electrons. The molecule has 1 unspecified atom stereocenters. The van der Waals surface area contributed by atoms with Gasteiger partial charge >= 0.3 is 0 Å². The minimum atomic E-state index is -0.579. The molecule has 0 rings (SSSR count). The number of primary amides is 1. The molecule has 0 spiro atoms. The van der Waals surface area contributed by atoms with Gasteiger partial charge in [-0.2, -0.15) is 0 Å². The molecule has 0 saturated heterocycles. The molecule has 5 nitrogen and oxygen atoms in total. The van der Waals surface area contributed by atoms with Crippen molar-refractivity contribution in [2.75, 3.05) is 6.54 Å². The molecule has 0 aromatic rings. The van der Waals surface area contributed by atoms with Crippen LogP contribution in [0.5, 0.6) is 0 Å². The third-order valence-electron chi connectivity index (χ3n) is 1.46. The highest BCUT2D eigenvalue weighted by atomic mass is 16.2. The summed E-state index contributed by atoms with van der Waals surface area (Å²) in [6, 6.07) is -0.579. The molecule has 0 bridgehead atoms. The lowest BCUT2D eigenvalue weighted by atomic mass is 10.1. The van der Waals surface area contributed by atoms with E-state index in [1.165, 1.54) is 0 Å². The van der Waals surface area contributed by atoms with Gasteiger partial charge in [0.15, 0.2) is 0 Å². The molecule has 0 aromatic carbocycles. The molecule has 0 aliphatic rings. The summed E-state index contributed by atoms with van der Waals surface area (Å²) in [7, 11) is 0. The van der Waals surface area contributed by atoms with E-state index in [2.05, 4.69) is 18.2 Å². The Morgan fingerprint density at radius 1 is 1.25 bits per heavy atom. The molecule has 0 aliphatic carbocycles. The lowest BCUT2D eigenvalue weighted by Gasteiger charge is -2.14. The molecule has 0 saturated carbocycles. The minimum Gasteiger partial charge on any atom is -0.368 e. The van der Waals surface area contributed by atoms with Crippen LogP contribution in [0.3, 0.4) is 0 Å². The average molecular weight is 229 g/mol. The topological polar surface area (TPSA) is 98.2 Å². The number of terminal acetylenes is 1. The van der Waals surface area contributed by atoms with E-state index in [9.17, 15) is 9.59 Å². The quantitative estimate of drug-likeness (QED) is 0.584. The van der Waals surface area contributed by atoms with Gasteiger partial charge in [0.1, 0.15) is 0 Å². The predicted octanol–water partition coefficient (Wildman–Crippen LogP) is -0.153. The van der Waals surface area contributed by atoms with Crippen molar-refractivity contribution < 1.29 is 9.59 Å². The predicted molar refractivity (Wildman–Crippen MR) is 66.3 cm³/mol. The summed E-state index contributed by atoms with van der Waals surface area (Å²) >= 11 is 0. The largest absolute Gasteiger partial charge is 0.368 e. The van der Waals surface area contributed by atoms with Gasteiger partial charge in [-0.15, -0.1) is 12.8 Å². The molecule has 16 heavy (non-hydrogen) atoms. The van der Waals surface area contributed by atoms with Crippen molar-refractivity contribution >= 4 is 11.8 Å². The zero-order valence-electron chi connectivity index (χ0n) is 10.5. The van der Waals surface area contributed by atoms with E-state index in [0.29, 0.717) is 0 Å². The molecule has 0 radical (unpaired) electrons. The van der Waals surface area contributed by atoms with E-state index in [4.69, 9.17) is 11.5 Å². The highest BCUT2D eigenvalue weighted by molar-refractivity contribution is 5.86. The fourth-order valence-electron chi connectivity index (χ4n) is 0.595. The van der Waals surface area contributed by atoms with Crippen LogP contribution in [0.15, 0.2) is 0 Å². The maximum Gasteiger partial charge on any atom is 0.237 e. The second kappa shape index (κ2) is 13.5. The van der Waals surface area contributed by atoms with Crippen LogP contribution in [0.4, 0.5) is 0 Å². The van der Waals surface area contributed by atoms with Crippen molar-refractivity contribution in [2.45, 2.75) is 33.7 Å². The van der Waals surface area contributed by atoms with Crippen LogP contribution < -0.4 is 16.8 Å². The van der Waals surface area contributed by atoms with Crippen LogP contribution in [-0.2, 0) is 9.59 Å². The molecule has 1 atom stereocenters. The van der Waals surface area contributed by atoms with Gasteiger partial charge < -0.3 is 16.8 Å². The van der Waals surface area contributed by atoms with Crippen LogP contribution in [-0.4, -0.2) is 24.4 Å². The highest BCUT2D eigenvalue weighted by Crippen LogP contribution is 1.96. The van der Waals surface area contributed by atoms with Gasteiger partial charge in [-0.05, 0) is 5.92 Å². The van der Waals surface area contributed by atoms with E-state index >= 15 is 0 Å². The van der Waals surface area contributed by atoms with Crippen molar-refractivity contribution in [3.63, 3.8) is 0 Å². The molecule has 5 N–H and O–H groups in total. The number of nitrogens with two attached hydrogens (primary N) is 2. The van der Waals surface area contributed by atoms with Gasteiger partial charge in [0.2, 0.25) is 11.8 Å². The second-order valence-corrected chi connectivity index (χ2v) is 2.95. The van der Waals surface area contributed by atoms with Crippen molar-refractivity contribution in [1.29, 1.82) is 0 Å². The Bertz CT molecular complexity index is 213. The first-order chi connectivity index (χ1) is 7.45. The summed E-state index contributed by atoms with van der Waals surface area (Å²) in [5.41, 5.74) is 10.3. The number of hydrogen-bond donors (Lipinski definition) is 3. The standard InChI is InChI=1S/C7H15N3O2.C2H6.C2H2/c1-4(2)6(9)7(12)10-3-5(8)11;2*1-2/h4,6H,3,9H2,1-2H3,(H2,8,11)(H,10,12);1-2H3;1-2H. The molecular formula is C11H23N3O2. The smallest absolute Gasteiger partial charge is 0.237 e. The first kappa shape index (κ1) is 19.9. The Balaban J connectivity index is -0.000000376. The normalized spacial score (nSPS) is 10.0. The van der Waals surface area contributed by atoms with Crippen molar-refractivity contribution in [2.24, 2.45) is 17.4 Å². The molecular weight excluding hydrogens is 206 g/mol. The van der Waals surface area contributed by atoms with Gasteiger partial charge in [0, 0.05) is 0 Å². The van der Waals surface area contributed by atoms with Crippen LogP contribution in [0, 0.1) is 18.8 Å². The van der Waals surface area contributed by atoms with E-state index in [1.54, 1.807) is 0 Å². The summed E-state index contributed by atoms with van der Waals surface area (Å²) in [5, 5.41) is 2.32. The van der Waals surface area contributed by atoms with E-state index < -0.39 is 11.9 Å². The Labute approximate surface area is 98.0 Å². The maximum absolute atomic E-state index is 11.0. The number of hydrogen-bond acceptors (Lipinski definition) is 3.